The highest BCUT2D eigenvalue weighted by Gasteiger charge is 2.22. The third kappa shape index (κ3) is 4.16. The van der Waals surface area contributed by atoms with E-state index in [4.69, 9.17) is 9.47 Å². The van der Waals surface area contributed by atoms with Crippen LogP contribution in [0.2, 0.25) is 0 Å². The molecule has 0 spiro atoms. The van der Waals surface area contributed by atoms with Gasteiger partial charge in [0.2, 0.25) is 0 Å². The number of nitro groups is 1. The lowest BCUT2D eigenvalue weighted by atomic mass is 10.1. The van der Waals surface area contributed by atoms with Crippen LogP contribution in [-0.2, 0) is 9.53 Å². The number of carbonyl (C=O) groups is 2. The highest BCUT2D eigenvalue weighted by atomic mass is 16.6. The molecule has 0 bridgehead atoms. The predicted octanol–water partition coefficient (Wildman–Crippen LogP) is 1.24. The Labute approximate surface area is 121 Å². The van der Waals surface area contributed by atoms with Gasteiger partial charge in [0.25, 0.3) is 11.6 Å². The zero-order chi connectivity index (χ0) is 16.0. The Bertz CT molecular complexity index is 558. The lowest BCUT2D eigenvalue weighted by molar-refractivity contribution is -0.384. The average molecular weight is 296 g/mol. The van der Waals surface area contributed by atoms with E-state index < -0.39 is 16.8 Å². The lowest BCUT2D eigenvalue weighted by Gasteiger charge is -2.17. The van der Waals surface area contributed by atoms with Crippen molar-refractivity contribution in [1.29, 1.82) is 0 Å². The Morgan fingerprint density at radius 2 is 2.05 bits per heavy atom. The van der Waals surface area contributed by atoms with Crippen LogP contribution in [0.1, 0.15) is 17.3 Å². The zero-order valence-corrected chi connectivity index (χ0v) is 12.0. The highest BCUT2D eigenvalue weighted by molar-refractivity contribution is 5.98. The van der Waals surface area contributed by atoms with Gasteiger partial charge < -0.3 is 14.4 Å². The molecule has 8 heteroatoms. The van der Waals surface area contributed by atoms with E-state index in [0.29, 0.717) is 0 Å². The molecule has 1 amide bonds. The maximum absolute atomic E-state index is 12.3. The number of carbonyl (C=O) groups excluding carboxylic acids is 2. The molecule has 0 radical (unpaired) electrons. The molecule has 1 aromatic rings. The number of esters is 1. The number of likely N-dealkylation sites (N-methyl/N-ethyl adjacent to an activating group) is 1. The van der Waals surface area contributed by atoms with Crippen LogP contribution < -0.4 is 4.74 Å². The molecule has 0 aliphatic heterocycles. The largest absolute Gasteiger partial charge is 0.496 e. The van der Waals surface area contributed by atoms with Crippen molar-refractivity contribution in [2.24, 2.45) is 0 Å². The van der Waals surface area contributed by atoms with Gasteiger partial charge in [0.15, 0.2) is 0 Å². The number of amides is 1. The summed E-state index contributed by atoms with van der Waals surface area (Å²) in [6.07, 6.45) is 0. The number of non-ortho nitro benzene ring substituents is 1. The zero-order valence-electron chi connectivity index (χ0n) is 12.0. The first-order valence-electron chi connectivity index (χ1n) is 6.14. The van der Waals surface area contributed by atoms with Crippen LogP contribution in [-0.4, -0.2) is 49.0 Å². The molecule has 0 N–H and O–H groups in total. The van der Waals surface area contributed by atoms with Gasteiger partial charge in [-0.1, -0.05) is 0 Å². The summed E-state index contributed by atoms with van der Waals surface area (Å²) < 4.78 is 9.76. The summed E-state index contributed by atoms with van der Waals surface area (Å²) in [7, 11) is 2.75. The van der Waals surface area contributed by atoms with Gasteiger partial charge in [0.05, 0.1) is 24.2 Å². The van der Waals surface area contributed by atoms with Gasteiger partial charge in [-0.15, -0.1) is 0 Å². The van der Waals surface area contributed by atoms with Crippen LogP contribution >= 0.6 is 0 Å². The molecule has 0 unspecified atom stereocenters. The van der Waals surface area contributed by atoms with Crippen molar-refractivity contribution >= 4 is 17.6 Å². The van der Waals surface area contributed by atoms with E-state index in [9.17, 15) is 19.7 Å². The Balaban J connectivity index is 3.01. The lowest BCUT2D eigenvalue weighted by Crippen LogP contribution is -2.33. The maximum atomic E-state index is 12.3. The minimum Gasteiger partial charge on any atom is -0.496 e. The van der Waals surface area contributed by atoms with E-state index in [2.05, 4.69) is 0 Å². The summed E-state index contributed by atoms with van der Waals surface area (Å²) in [6, 6.07) is 3.69. The first-order chi connectivity index (χ1) is 9.90. The van der Waals surface area contributed by atoms with Crippen LogP contribution in [0.15, 0.2) is 18.2 Å². The van der Waals surface area contributed by atoms with Crippen LogP contribution in [0.5, 0.6) is 5.75 Å². The number of methoxy groups -OCH3 is 1. The first kappa shape index (κ1) is 16.4. The van der Waals surface area contributed by atoms with Crippen LogP contribution in [0.4, 0.5) is 5.69 Å². The van der Waals surface area contributed by atoms with Gasteiger partial charge in [-0.3, -0.25) is 19.7 Å². The Kier molecular flexibility index (Phi) is 5.65. The second kappa shape index (κ2) is 7.22. The van der Waals surface area contributed by atoms with Crippen molar-refractivity contribution in [3.8, 4) is 5.75 Å². The summed E-state index contributed by atoms with van der Waals surface area (Å²) in [5, 5.41) is 10.8. The molecule has 0 aliphatic rings. The van der Waals surface area contributed by atoms with Crippen LogP contribution in [0.25, 0.3) is 0 Å². The molecule has 1 rings (SSSR count). The normalized spacial score (nSPS) is 9.86. The molecule has 0 aliphatic carbocycles. The fourth-order valence-electron chi connectivity index (χ4n) is 1.65. The third-order valence-electron chi connectivity index (χ3n) is 2.64. The summed E-state index contributed by atoms with van der Waals surface area (Å²) in [5.41, 5.74) is -0.220. The Hall–Kier alpha value is -2.64. The van der Waals surface area contributed by atoms with Crippen molar-refractivity contribution in [1.82, 2.24) is 4.90 Å². The maximum Gasteiger partial charge on any atom is 0.325 e. The van der Waals surface area contributed by atoms with Gasteiger partial charge in [-0.25, -0.2) is 0 Å². The molecule has 0 atom stereocenters. The van der Waals surface area contributed by atoms with Crippen LogP contribution in [0, 0.1) is 10.1 Å². The fourth-order valence-corrected chi connectivity index (χ4v) is 1.65. The molecule has 0 fully saturated rings. The number of hydrogen-bond acceptors (Lipinski definition) is 6. The monoisotopic (exact) mass is 296 g/mol. The topological polar surface area (TPSA) is 99.0 Å². The molecule has 0 saturated carbocycles. The van der Waals surface area contributed by atoms with E-state index in [1.54, 1.807) is 6.92 Å². The van der Waals surface area contributed by atoms with E-state index in [1.807, 2.05) is 0 Å². The second-order valence-electron chi connectivity index (χ2n) is 4.11. The number of ether oxygens (including phenoxy) is 2. The van der Waals surface area contributed by atoms with Gasteiger partial charge >= 0.3 is 5.97 Å². The Morgan fingerprint density at radius 3 is 2.57 bits per heavy atom. The van der Waals surface area contributed by atoms with Crippen LogP contribution in [0.3, 0.4) is 0 Å². The van der Waals surface area contributed by atoms with Gasteiger partial charge in [-0.05, 0) is 13.0 Å². The molecule has 1 aromatic carbocycles. The predicted molar refractivity (Wildman–Crippen MR) is 73.2 cm³/mol. The minimum absolute atomic E-state index is 0.0125. The van der Waals surface area contributed by atoms with Gasteiger partial charge in [0.1, 0.15) is 12.3 Å². The fraction of sp³-hybridized carbons (Fsp3) is 0.385. The number of nitro benzene ring substituents is 1. The molecule has 0 aromatic heterocycles. The van der Waals surface area contributed by atoms with E-state index in [1.165, 1.54) is 26.3 Å². The van der Waals surface area contributed by atoms with Crippen molar-refractivity contribution in [3.05, 3.63) is 33.9 Å². The number of nitrogens with zero attached hydrogens (tertiary/aromatic N) is 2. The summed E-state index contributed by atoms with van der Waals surface area (Å²) in [4.78, 5) is 34.9. The minimum atomic E-state index is -0.610. The number of benzene rings is 1. The Morgan fingerprint density at radius 1 is 1.38 bits per heavy atom. The molecule has 21 heavy (non-hydrogen) atoms. The highest BCUT2D eigenvalue weighted by Crippen LogP contribution is 2.25. The third-order valence-corrected chi connectivity index (χ3v) is 2.64. The summed E-state index contributed by atoms with van der Waals surface area (Å²) in [6.45, 7) is 1.61. The van der Waals surface area contributed by atoms with E-state index in [-0.39, 0.29) is 30.2 Å². The molecule has 0 saturated heterocycles. The van der Waals surface area contributed by atoms with E-state index in [0.717, 1.165) is 11.0 Å². The number of hydrogen-bond donors (Lipinski definition) is 0. The molecule has 114 valence electrons. The van der Waals surface area contributed by atoms with Gasteiger partial charge in [0, 0.05) is 19.2 Å². The van der Waals surface area contributed by atoms with Crippen molar-refractivity contribution in [2.75, 3.05) is 27.3 Å². The quantitative estimate of drug-likeness (QED) is 0.445. The average Bonchev–Trinajstić information content (AvgIpc) is 2.45. The van der Waals surface area contributed by atoms with Crippen molar-refractivity contribution in [3.63, 3.8) is 0 Å². The van der Waals surface area contributed by atoms with E-state index >= 15 is 0 Å². The summed E-state index contributed by atoms with van der Waals surface area (Å²) >= 11 is 0. The molecule has 0 heterocycles. The first-order valence-corrected chi connectivity index (χ1v) is 6.14. The molecular formula is C13H16N2O6. The standard InChI is InChI=1S/C13H16N2O6/c1-4-21-12(16)8-14(2)13(17)10-7-9(15(18)19)5-6-11(10)20-3/h5-7H,4,8H2,1-3H3. The summed E-state index contributed by atoms with van der Waals surface area (Å²) in [5.74, 6) is -0.928. The van der Waals surface area contributed by atoms with Crippen molar-refractivity contribution < 1.29 is 24.0 Å². The van der Waals surface area contributed by atoms with Gasteiger partial charge in [-0.2, -0.15) is 0 Å². The SMILES string of the molecule is CCOC(=O)CN(C)C(=O)c1cc([N+](=O)[O-])ccc1OC. The van der Waals surface area contributed by atoms with Crippen molar-refractivity contribution in [2.45, 2.75) is 6.92 Å². The molecule has 8 nitrogen and oxygen atoms in total. The second-order valence-corrected chi connectivity index (χ2v) is 4.11. The molecular weight excluding hydrogens is 280 g/mol. The number of rotatable bonds is 6. The smallest absolute Gasteiger partial charge is 0.325 e.